The van der Waals surface area contributed by atoms with Crippen LogP contribution in [0.5, 0.6) is 11.5 Å². The van der Waals surface area contributed by atoms with Gasteiger partial charge in [0.05, 0.1) is 19.3 Å². The molecule has 9 nitrogen and oxygen atoms in total. The molecule has 0 saturated carbocycles. The van der Waals surface area contributed by atoms with Crippen molar-refractivity contribution in [3.05, 3.63) is 54.1 Å². The van der Waals surface area contributed by atoms with Gasteiger partial charge in [0.25, 0.3) is 5.91 Å². The zero-order valence-corrected chi connectivity index (χ0v) is 15.9. The Bertz CT molecular complexity index is 987. The highest BCUT2D eigenvalue weighted by Crippen LogP contribution is 2.28. The number of anilines is 1. The number of nitrogens with one attached hydrogen (secondary N) is 1. The quantitative estimate of drug-likeness (QED) is 0.577. The molecule has 0 unspecified atom stereocenters. The average molecular weight is 397 g/mol. The van der Waals surface area contributed by atoms with Gasteiger partial charge < -0.3 is 18.6 Å². The number of amides is 1. The van der Waals surface area contributed by atoms with Crippen LogP contribution in [-0.2, 0) is 9.53 Å². The highest BCUT2D eigenvalue weighted by atomic mass is 16.5. The summed E-state index contributed by atoms with van der Waals surface area (Å²) >= 11 is 0. The Labute approximate surface area is 166 Å². The van der Waals surface area contributed by atoms with Gasteiger partial charge in [-0.1, -0.05) is 23.3 Å². The van der Waals surface area contributed by atoms with E-state index in [9.17, 15) is 9.59 Å². The normalized spacial score (nSPS) is 10.3. The molecule has 29 heavy (non-hydrogen) atoms. The van der Waals surface area contributed by atoms with Crippen LogP contribution >= 0.6 is 0 Å². The second kappa shape index (κ2) is 9.36. The lowest BCUT2D eigenvalue weighted by atomic mass is 10.2. The number of aromatic nitrogens is 2. The summed E-state index contributed by atoms with van der Waals surface area (Å²) < 4.78 is 21.0. The maximum absolute atomic E-state index is 12.2. The van der Waals surface area contributed by atoms with Gasteiger partial charge in [0.2, 0.25) is 5.89 Å². The number of carbonyl (C=O) groups excluding carboxylic acids is 2. The van der Waals surface area contributed by atoms with Crippen molar-refractivity contribution in [2.75, 3.05) is 25.6 Å². The minimum Gasteiger partial charge on any atom is -0.493 e. The zero-order valence-electron chi connectivity index (χ0n) is 15.9. The van der Waals surface area contributed by atoms with E-state index in [1.165, 1.54) is 19.2 Å². The Morgan fingerprint density at radius 3 is 2.59 bits per heavy atom. The number of nitrogens with zero attached hydrogens (tertiary/aromatic N) is 2. The molecule has 2 aromatic carbocycles. The summed E-state index contributed by atoms with van der Waals surface area (Å²) in [6.45, 7) is 1.78. The van der Waals surface area contributed by atoms with Crippen LogP contribution in [0, 0.1) is 0 Å². The van der Waals surface area contributed by atoms with Crippen molar-refractivity contribution in [1.82, 2.24) is 10.2 Å². The minimum absolute atomic E-state index is 0.0901. The molecule has 9 heteroatoms. The van der Waals surface area contributed by atoms with E-state index in [0.717, 1.165) is 5.56 Å². The molecule has 1 amide bonds. The maximum Gasteiger partial charge on any atom is 0.338 e. The monoisotopic (exact) mass is 397 g/mol. The molecule has 1 aromatic heterocycles. The first-order valence-corrected chi connectivity index (χ1v) is 8.77. The Morgan fingerprint density at radius 1 is 1.07 bits per heavy atom. The van der Waals surface area contributed by atoms with E-state index in [0.29, 0.717) is 18.1 Å². The van der Waals surface area contributed by atoms with Crippen molar-refractivity contribution >= 4 is 17.9 Å². The standard InChI is InChI=1S/C20H19N3O6/c1-3-27-15-10-9-14(11-16(15)26-2)19(25)28-12-17(24)21-20-23-22-18(29-20)13-7-5-4-6-8-13/h4-11H,3,12H2,1-2H3,(H,21,23,24). The smallest absolute Gasteiger partial charge is 0.338 e. The van der Waals surface area contributed by atoms with Crippen LogP contribution in [0.2, 0.25) is 0 Å². The topological polar surface area (TPSA) is 113 Å². The summed E-state index contributed by atoms with van der Waals surface area (Å²) in [4.78, 5) is 24.2. The Hall–Kier alpha value is -3.88. The number of carbonyl (C=O) groups is 2. The molecule has 0 aliphatic rings. The predicted molar refractivity (Wildman–Crippen MR) is 103 cm³/mol. The van der Waals surface area contributed by atoms with Crippen LogP contribution < -0.4 is 14.8 Å². The fourth-order valence-corrected chi connectivity index (χ4v) is 2.41. The fraction of sp³-hybridized carbons (Fsp3) is 0.200. The summed E-state index contributed by atoms with van der Waals surface area (Å²) in [5.41, 5.74) is 0.943. The molecule has 150 valence electrons. The van der Waals surface area contributed by atoms with Crippen LogP contribution in [0.15, 0.2) is 52.9 Å². The van der Waals surface area contributed by atoms with E-state index in [1.807, 2.05) is 25.1 Å². The molecule has 3 aromatic rings. The molecule has 1 heterocycles. The molecule has 0 fully saturated rings. The van der Waals surface area contributed by atoms with E-state index in [2.05, 4.69) is 15.5 Å². The molecule has 0 saturated heterocycles. The number of methoxy groups -OCH3 is 1. The van der Waals surface area contributed by atoms with Crippen LogP contribution in [0.1, 0.15) is 17.3 Å². The van der Waals surface area contributed by atoms with Crippen molar-refractivity contribution in [1.29, 1.82) is 0 Å². The van der Waals surface area contributed by atoms with Gasteiger partial charge in [-0.2, -0.15) is 0 Å². The highest BCUT2D eigenvalue weighted by Gasteiger charge is 2.16. The van der Waals surface area contributed by atoms with E-state index in [4.69, 9.17) is 18.6 Å². The van der Waals surface area contributed by atoms with E-state index in [1.54, 1.807) is 18.2 Å². The number of esters is 1. The third-order valence-electron chi connectivity index (χ3n) is 3.73. The van der Waals surface area contributed by atoms with E-state index < -0.39 is 18.5 Å². The molecular formula is C20H19N3O6. The summed E-state index contributed by atoms with van der Waals surface area (Å²) in [5, 5.41) is 9.99. The molecular weight excluding hydrogens is 378 g/mol. The SMILES string of the molecule is CCOc1ccc(C(=O)OCC(=O)Nc2nnc(-c3ccccc3)o2)cc1OC. The maximum atomic E-state index is 12.2. The third kappa shape index (κ3) is 5.10. The Morgan fingerprint density at radius 2 is 1.86 bits per heavy atom. The number of benzene rings is 2. The van der Waals surface area contributed by atoms with Crippen LogP contribution in [-0.4, -0.2) is 42.4 Å². The van der Waals surface area contributed by atoms with Crippen molar-refractivity contribution in [3.8, 4) is 23.0 Å². The molecule has 0 atom stereocenters. The lowest BCUT2D eigenvalue weighted by Crippen LogP contribution is -2.21. The van der Waals surface area contributed by atoms with Gasteiger partial charge in [-0.3, -0.25) is 10.1 Å². The van der Waals surface area contributed by atoms with Crippen LogP contribution in [0.3, 0.4) is 0 Å². The predicted octanol–water partition coefficient (Wildman–Crippen LogP) is 2.94. The lowest BCUT2D eigenvalue weighted by Gasteiger charge is -2.10. The highest BCUT2D eigenvalue weighted by molar-refractivity contribution is 5.94. The summed E-state index contributed by atoms with van der Waals surface area (Å²) in [6, 6.07) is 13.6. The molecule has 1 N–H and O–H groups in total. The van der Waals surface area contributed by atoms with Crippen molar-refractivity contribution in [3.63, 3.8) is 0 Å². The number of rotatable bonds is 8. The Kier molecular flexibility index (Phi) is 6.41. The van der Waals surface area contributed by atoms with Crippen molar-refractivity contribution in [2.45, 2.75) is 6.92 Å². The fourth-order valence-electron chi connectivity index (χ4n) is 2.41. The summed E-state index contributed by atoms with van der Waals surface area (Å²) in [6.07, 6.45) is 0. The lowest BCUT2D eigenvalue weighted by molar-refractivity contribution is -0.119. The van der Waals surface area contributed by atoms with Crippen molar-refractivity contribution in [2.24, 2.45) is 0 Å². The molecule has 0 aliphatic heterocycles. The molecule has 0 bridgehead atoms. The number of hydrogen-bond acceptors (Lipinski definition) is 8. The van der Waals surface area contributed by atoms with Gasteiger partial charge in [0.15, 0.2) is 18.1 Å². The molecule has 0 radical (unpaired) electrons. The average Bonchev–Trinajstić information content (AvgIpc) is 3.21. The van der Waals surface area contributed by atoms with Crippen LogP contribution in [0.25, 0.3) is 11.5 Å². The second-order valence-electron chi connectivity index (χ2n) is 5.70. The molecule has 0 spiro atoms. The Balaban J connectivity index is 1.55. The van der Waals surface area contributed by atoms with E-state index in [-0.39, 0.29) is 17.5 Å². The van der Waals surface area contributed by atoms with Gasteiger partial charge in [-0.05, 0) is 37.3 Å². The van der Waals surface area contributed by atoms with Crippen LogP contribution in [0.4, 0.5) is 6.01 Å². The number of hydrogen-bond donors (Lipinski definition) is 1. The van der Waals surface area contributed by atoms with E-state index >= 15 is 0 Å². The minimum atomic E-state index is -0.683. The molecule has 3 rings (SSSR count). The second-order valence-corrected chi connectivity index (χ2v) is 5.70. The van der Waals surface area contributed by atoms with Gasteiger partial charge in [0.1, 0.15) is 0 Å². The van der Waals surface area contributed by atoms with Gasteiger partial charge in [-0.25, -0.2) is 4.79 Å². The number of ether oxygens (including phenoxy) is 3. The molecule has 0 aliphatic carbocycles. The first kappa shape index (κ1) is 19.9. The third-order valence-corrected chi connectivity index (χ3v) is 3.73. The first-order chi connectivity index (χ1) is 14.1. The largest absolute Gasteiger partial charge is 0.493 e. The van der Waals surface area contributed by atoms with Gasteiger partial charge >= 0.3 is 12.0 Å². The van der Waals surface area contributed by atoms with Crippen molar-refractivity contribution < 1.29 is 28.2 Å². The first-order valence-electron chi connectivity index (χ1n) is 8.77. The summed E-state index contributed by atoms with van der Waals surface area (Å²) in [7, 11) is 1.47. The van der Waals surface area contributed by atoms with Gasteiger partial charge in [0, 0.05) is 5.56 Å². The summed E-state index contributed by atoms with van der Waals surface area (Å²) in [5.74, 6) is -0.129. The zero-order chi connectivity index (χ0) is 20.6. The van der Waals surface area contributed by atoms with Gasteiger partial charge in [-0.15, -0.1) is 5.10 Å².